The Labute approximate surface area is 122 Å². The van der Waals surface area contributed by atoms with Crippen molar-refractivity contribution in [2.24, 2.45) is 11.1 Å². The van der Waals surface area contributed by atoms with Gasteiger partial charge in [-0.25, -0.2) is 12.7 Å². The Morgan fingerprint density at radius 3 is 2.35 bits per heavy atom. The van der Waals surface area contributed by atoms with Gasteiger partial charge in [0.2, 0.25) is 15.9 Å². The second-order valence-electron chi connectivity index (χ2n) is 5.89. The van der Waals surface area contributed by atoms with Gasteiger partial charge in [-0.15, -0.1) is 0 Å². The zero-order chi connectivity index (χ0) is 15.2. The van der Waals surface area contributed by atoms with Crippen LogP contribution in [0.5, 0.6) is 0 Å². The largest absolute Gasteiger partial charge is 0.355 e. The maximum atomic E-state index is 12.0. The van der Waals surface area contributed by atoms with Crippen molar-refractivity contribution in [2.75, 3.05) is 32.9 Å². The number of rotatable bonds is 7. The highest BCUT2D eigenvalue weighted by molar-refractivity contribution is 7.89. The molecule has 1 fully saturated rings. The van der Waals surface area contributed by atoms with Gasteiger partial charge in [0.05, 0.1) is 5.75 Å². The van der Waals surface area contributed by atoms with E-state index in [0.29, 0.717) is 13.0 Å². The lowest BCUT2D eigenvalue weighted by molar-refractivity contribution is -0.123. The average molecular weight is 305 g/mol. The number of nitrogens with one attached hydrogen (secondary N) is 1. The summed E-state index contributed by atoms with van der Waals surface area (Å²) in [6.45, 7) is 0.677. The molecule has 0 aromatic rings. The first-order chi connectivity index (χ1) is 9.31. The van der Waals surface area contributed by atoms with Crippen molar-refractivity contribution in [3.8, 4) is 0 Å². The molecule has 1 aliphatic carbocycles. The highest BCUT2D eigenvalue weighted by Crippen LogP contribution is 2.38. The van der Waals surface area contributed by atoms with E-state index in [1.807, 2.05) is 0 Å². The molecule has 0 atom stereocenters. The molecule has 3 N–H and O–H groups in total. The zero-order valence-corrected chi connectivity index (χ0v) is 13.3. The third kappa shape index (κ3) is 5.03. The normalized spacial score (nSPS) is 19.0. The van der Waals surface area contributed by atoms with E-state index in [9.17, 15) is 13.2 Å². The summed E-state index contributed by atoms with van der Waals surface area (Å²) in [5.41, 5.74) is 5.76. The topological polar surface area (TPSA) is 92.5 Å². The monoisotopic (exact) mass is 305 g/mol. The molecule has 0 aromatic heterocycles. The quantitative estimate of drug-likeness (QED) is 0.707. The summed E-state index contributed by atoms with van der Waals surface area (Å²) >= 11 is 0. The molecule has 1 saturated carbocycles. The molecule has 118 valence electrons. The lowest BCUT2D eigenvalue weighted by Gasteiger charge is -2.35. The van der Waals surface area contributed by atoms with Crippen molar-refractivity contribution in [3.05, 3.63) is 0 Å². The molecule has 7 heteroatoms. The third-order valence-corrected chi connectivity index (χ3v) is 5.95. The molecular formula is C13H27N3O3S. The fraction of sp³-hybridized carbons (Fsp3) is 0.923. The lowest BCUT2D eigenvalue weighted by atomic mass is 9.72. The number of hydrogen-bond donors (Lipinski definition) is 2. The summed E-state index contributed by atoms with van der Waals surface area (Å²) in [5.74, 6) is -0.159. The first-order valence-corrected chi connectivity index (χ1v) is 8.79. The van der Waals surface area contributed by atoms with E-state index in [4.69, 9.17) is 5.73 Å². The van der Waals surface area contributed by atoms with E-state index in [0.717, 1.165) is 25.7 Å². The molecule has 0 bridgehead atoms. The van der Waals surface area contributed by atoms with Crippen molar-refractivity contribution in [2.45, 2.75) is 38.5 Å². The Bertz CT molecular complexity index is 415. The van der Waals surface area contributed by atoms with Gasteiger partial charge in [-0.2, -0.15) is 0 Å². The Balaban J connectivity index is 2.40. The van der Waals surface area contributed by atoms with Crippen LogP contribution in [0.15, 0.2) is 0 Å². The Hall–Kier alpha value is -0.660. The molecule has 0 unspecified atom stereocenters. The molecule has 0 spiro atoms. The predicted octanol–water partition coefficient (Wildman–Crippen LogP) is 0.293. The predicted molar refractivity (Wildman–Crippen MR) is 79.7 cm³/mol. The van der Waals surface area contributed by atoms with Crippen LogP contribution >= 0.6 is 0 Å². The second kappa shape index (κ2) is 7.38. The molecule has 0 radical (unpaired) electrons. The van der Waals surface area contributed by atoms with Gasteiger partial charge >= 0.3 is 0 Å². The van der Waals surface area contributed by atoms with Crippen LogP contribution in [0.1, 0.15) is 38.5 Å². The molecule has 0 saturated heterocycles. The van der Waals surface area contributed by atoms with Crippen molar-refractivity contribution < 1.29 is 13.2 Å². The van der Waals surface area contributed by atoms with E-state index >= 15 is 0 Å². The van der Waals surface area contributed by atoms with E-state index in [1.165, 1.54) is 24.8 Å². The molecule has 1 aliphatic rings. The highest BCUT2D eigenvalue weighted by Gasteiger charge is 2.32. The van der Waals surface area contributed by atoms with Gasteiger partial charge in [0, 0.05) is 27.1 Å². The maximum absolute atomic E-state index is 12.0. The van der Waals surface area contributed by atoms with E-state index in [1.54, 1.807) is 0 Å². The summed E-state index contributed by atoms with van der Waals surface area (Å²) in [7, 11) is -0.276. The number of carbonyl (C=O) groups is 1. The SMILES string of the molecule is CN(C)S(=O)(=O)CCNC(=O)CC1(CN)CCCCC1. The van der Waals surface area contributed by atoms with Crippen LogP contribution in [0.3, 0.4) is 0 Å². The van der Waals surface area contributed by atoms with Crippen LogP contribution < -0.4 is 11.1 Å². The van der Waals surface area contributed by atoms with Crippen molar-refractivity contribution in [3.63, 3.8) is 0 Å². The van der Waals surface area contributed by atoms with Gasteiger partial charge < -0.3 is 11.1 Å². The van der Waals surface area contributed by atoms with Crippen LogP contribution in [0.25, 0.3) is 0 Å². The van der Waals surface area contributed by atoms with E-state index < -0.39 is 10.0 Å². The number of hydrogen-bond acceptors (Lipinski definition) is 4. The summed E-state index contributed by atoms with van der Waals surface area (Å²) in [6, 6.07) is 0. The fourth-order valence-corrected chi connectivity index (χ4v) is 3.39. The van der Waals surface area contributed by atoms with Gasteiger partial charge in [0.25, 0.3) is 0 Å². The van der Waals surface area contributed by atoms with Crippen molar-refractivity contribution in [1.82, 2.24) is 9.62 Å². The molecule has 0 heterocycles. The lowest BCUT2D eigenvalue weighted by Crippen LogP contribution is -2.40. The summed E-state index contributed by atoms with van der Waals surface area (Å²) in [4.78, 5) is 12.0. The van der Waals surface area contributed by atoms with Gasteiger partial charge in [-0.05, 0) is 24.8 Å². The minimum absolute atomic E-state index is 0.0681. The number of nitrogens with two attached hydrogens (primary N) is 1. The molecule has 6 nitrogen and oxygen atoms in total. The summed E-state index contributed by atoms with van der Waals surface area (Å²) < 4.78 is 24.3. The van der Waals surface area contributed by atoms with Crippen molar-refractivity contribution >= 4 is 15.9 Å². The maximum Gasteiger partial charge on any atom is 0.220 e. The van der Waals surface area contributed by atoms with Gasteiger partial charge in [-0.3, -0.25) is 4.79 Å². The van der Waals surface area contributed by atoms with Crippen LogP contribution in [0.2, 0.25) is 0 Å². The first-order valence-electron chi connectivity index (χ1n) is 7.18. The Morgan fingerprint density at radius 1 is 1.25 bits per heavy atom. The smallest absolute Gasteiger partial charge is 0.220 e. The van der Waals surface area contributed by atoms with Crippen LogP contribution in [0.4, 0.5) is 0 Å². The average Bonchev–Trinajstić information content (AvgIpc) is 2.39. The molecule has 0 aromatic carbocycles. The molecule has 20 heavy (non-hydrogen) atoms. The van der Waals surface area contributed by atoms with Crippen LogP contribution in [-0.2, 0) is 14.8 Å². The van der Waals surface area contributed by atoms with Gasteiger partial charge in [-0.1, -0.05) is 19.3 Å². The van der Waals surface area contributed by atoms with Crippen LogP contribution in [0, 0.1) is 5.41 Å². The van der Waals surface area contributed by atoms with E-state index in [-0.39, 0.29) is 23.6 Å². The Kier molecular flexibility index (Phi) is 6.42. The molecule has 1 amide bonds. The number of amides is 1. The van der Waals surface area contributed by atoms with Gasteiger partial charge in [0.1, 0.15) is 0 Å². The number of carbonyl (C=O) groups excluding carboxylic acids is 1. The minimum Gasteiger partial charge on any atom is -0.355 e. The molecule has 1 rings (SSSR count). The van der Waals surface area contributed by atoms with Crippen LogP contribution in [-0.4, -0.2) is 51.6 Å². The van der Waals surface area contributed by atoms with E-state index in [2.05, 4.69) is 5.32 Å². The molecular weight excluding hydrogens is 278 g/mol. The minimum atomic E-state index is -3.25. The van der Waals surface area contributed by atoms with Crippen molar-refractivity contribution in [1.29, 1.82) is 0 Å². The highest BCUT2D eigenvalue weighted by atomic mass is 32.2. The second-order valence-corrected chi connectivity index (χ2v) is 8.19. The Morgan fingerprint density at radius 2 is 1.85 bits per heavy atom. The fourth-order valence-electron chi connectivity index (χ4n) is 2.66. The van der Waals surface area contributed by atoms with Gasteiger partial charge in [0.15, 0.2) is 0 Å². The standard InChI is InChI=1S/C13H27N3O3S/c1-16(2)20(18,19)9-8-15-12(17)10-13(11-14)6-4-3-5-7-13/h3-11,14H2,1-2H3,(H,15,17). The summed E-state index contributed by atoms with van der Waals surface area (Å²) in [6.07, 6.45) is 5.86. The number of sulfonamides is 1. The zero-order valence-electron chi connectivity index (χ0n) is 12.5. The number of nitrogens with zero attached hydrogens (tertiary/aromatic N) is 1. The molecule has 0 aliphatic heterocycles. The third-order valence-electron chi connectivity index (χ3n) is 4.12. The summed E-state index contributed by atoms with van der Waals surface area (Å²) in [5, 5.41) is 2.70. The first kappa shape index (κ1) is 17.4.